The molecule has 0 saturated heterocycles. The third-order valence-corrected chi connectivity index (χ3v) is 4.89. The van der Waals surface area contributed by atoms with Gasteiger partial charge in [0.1, 0.15) is 18.5 Å². The molecule has 1 saturated carbocycles. The summed E-state index contributed by atoms with van der Waals surface area (Å²) >= 11 is 1.90. The summed E-state index contributed by atoms with van der Waals surface area (Å²) in [5.41, 5.74) is 0.561. The number of rotatable bonds is 8. The van der Waals surface area contributed by atoms with E-state index in [-0.39, 0.29) is 6.61 Å². The highest BCUT2D eigenvalue weighted by Crippen LogP contribution is 2.46. The molecular formula is C15H20N2O2S. The smallest absolute Gasteiger partial charge is 0.120 e. The number of aliphatic hydroxyl groups is 1. The van der Waals surface area contributed by atoms with E-state index in [1.807, 2.05) is 11.8 Å². The van der Waals surface area contributed by atoms with Crippen LogP contribution in [0, 0.1) is 11.3 Å². The summed E-state index contributed by atoms with van der Waals surface area (Å²) < 4.78 is 5.89. The lowest BCUT2D eigenvalue weighted by molar-refractivity contribution is 0.106. The molecule has 0 aromatic heterocycles. The van der Waals surface area contributed by atoms with Crippen molar-refractivity contribution in [1.29, 1.82) is 5.26 Å². The van der Waals surface area contributed by atoms with Crippen molar-refractivity contribution in [3.8, 4) is 11.8 Å². The van der Waals surface area contributed by atoms with Gasteiger partial charge in [0, 0.05) is 17.8 Å². The molecule has 2 rings (SSSR count). The maximum Gasteiger partial charge on any atom is 0.120 e. The molecule has 0 bridgehead atoms. The minimum atomic E-state index is -0.543. The Morgan fingerprint density at radius 2 is 2.35 bits per heavy atom. The number of benzene rings is 1. The van der Waals surface area contributed by atoms with Gasteiger partial charge in [-0.2, -0.15) is 17.0 Å². The van der Waals surface area contributed by atoms with Crippen LogP contribution in [0.2, 0.25) is 0 Å². The van der Waals surface area contributed by atoms with Crippen LogP contribution in [0.4, 0.5) is 0 Å². The predicted molar refractivity (Wildman–Crippen MR) is 81.0 cm³/mol. The number of aliphatic hydroxyl groups excluding tert-OH is 1. The highest BCUT2D eigenvalue weighted by Gasteiger charge is 2.41. The fourth-order valence-corrected chi connectivity index (χ4v) is 2.72. The van der Waals surface area contributed by atoms with Crippen molar-refractivity contribution >= 4 is 11.8 Å². The SMILES string of the molecule is CSC1(CNCC(O)COc2cccc(C#N)c2)CC1. The van der Waals surface area contributed by atoms with Gasteiger partial charge < -0.3 is 15.2 Å². The van der Waals surface area contributed by atoms with E-state index in [9.17, 15) is 5.11 Å². The molecule has 0 radical (unpaired) electrons. The van der Waals surface area contributed by atoms with Crippen LogP contribution in [-0.4, -0.2) is 41.9 Å². The lowest BCUT2D eigenvalue weighted by Crippen LogP contribution is -2.35. The largest absolute Gasteiger partial charge is 0.491 e. The highest BCUT2D eigenvalue weighted by atomic mass is 32.2. The Bertz CT molecular complexity index is 483. The molecule has 1 atom stereocenters. The van der Waals surface area contributed by atoms with E-state index in [0.717, 1.165) is 6.54 Å². The second kappa shape index (κ2) is 6.98. The van der Waals surface area contributed by atoms with Gasteiger partial charge in [0.15, 0.2) is 0 Å². The zero-order valence-corrected chi connectivity index (χ0v) is 12.4. The van der Waals surface area contributed by atoms with Crippen molar-refractivity contribution in [2.24, 2.45) is 0 Å². The normalized spacial score (nSPS) is 17.2. The molecule has 5 heteroatoms. The summed E-state index contributed by atoms with van der Waals surface area (Å²) in [6.07, 6.45) is 4.11. The second-order valence-corrected chi connectivity index (χ2v) is 6.40. The van der Waals surface area contributed by atoms with E-state index in [1.165, 1.54) is 12.8 Å². The number of nitrogens with one attached hydrogen (secondary N) is 1. The lowest BCUT2D eigenvalue weighted by atomic mass is 10.2. The fraction of sp³-hybridized carbons (Fsp3) is 0.533. The Balaban J connectivity index is 1.67. The molecule has 1 aliphatic carbocycles. The number of nitriles is 1. The van der Waals surface area contributed by atoms with Crippen molar-refractivity contribution in [3.05, 3.63) is 29.8 Å². The molecule has 0 spiro atoms. The molecule has 1 aliphatic rings. The zero-order chi connectivity index (χ0) is 14.4. The first-order valence-corrected chi connectivity index (χ1v) is 7.97. The van der Waals surface area contributed by atoms with Crippen LogP contribution >= 0.6 is 11.8 Å². The van der Waals surface area contributed by atoms with Crippen molar-refractivity contribution in [3.63, 3.8) is 0 Å². The molecule has 1 fully saturated rings. The van der Waals surface area contributed by atoms with Crippen LogP contribution in [0.15, 0.2) is 24.3 Å². The minimum absolute atomic E-state index is 0.230. The third kappa shape index (κ3) is 4.41. The Labute approximate surface area is 124 Å². The van der Waals surface area contributed by atoms with Gasteiger partial charge in [0.05, 0.1) is 11.6 Å². The van der Waals surface area contributed by atoms with Crippen molar-refractivity contribution in [1.82, 2.24) is 5.32 Å². The molecule has 1 aromatic carbocycles. The molecule has 0 aliphatic heterocycles. The van der Waals surface area contributed by atoms with Gasteiger partial charge >= 0.3 is 0 Å². The summed E-state index contributed by atoms with van der Waals surface area (Å²) in [5, 5.41) is 22.0. The summed E-state index contributed by atoms with van der Waals surface area (Å²) in [6.45, 7) is 1.70. The Morgan fingerprint density at radius 3 is 3.00 bits per heavy atom. The van der Waals surface area contributed by atoms with Crippen molar-refractivity contribution in [2.75, 3.05) is 26.0 Å². The van der Waals surface area contributed by atoms with Gasteiger partial charge in [-0.05, 0) is 37.3 Å². The molecule has 2 N–H and O–H groups in total. The minimum Gasteiger partial charge on any atom is -0.491 e. The molecule has 1 unspecified atom stereocenters. The molecular weight excluding hydrogens is 272 g/mol. The summed E-state index contributed by atoms with van der Waals surface area (Å²) in [4.78, 5) is 0. The standard InChI is InChI=1S/C15H20N2O2S/c1-20-15(5-6-15)11-17-9-13(18)10-19-14-4-2-3-12(7-14)8-16/h2-4,7,13,17-18H,5-6,9-11H2,1H3. The Hall–Kier alpha value is -1.22. The number of thioether (sulfide) groups is 1. The first-order chi connectivity index (χ1) is 9.67. The number of ether oxygens (including phenoxy) is 1. The van der Waals surface area contributed by atoms with Crippen LogP contribution in [0.3, 0.4) is 0 Å². The van der Waals surface area contributed by atoms with E-state index in [1.54, 1.807) is 24.3 Å². The van der Waals surface area contributed by atoms with Gasteiger partial charge in [-0.1, -0.05) is 6.07 Å². The van der Waals surface area contributed by atoms with E-state index in [0.29, 0.717) is 22.6 Å². The van der Waals surface area contributed by atoms with Crippen molar-refractivity contribution in [2.45, 2.75) is 23.7 Å². The van der Waals surface area contributed by atoms with E-state index < -0.39 is 6.10 Å². The molecule has 108 valence electrons. The molecule has 1 aromatic rings. The van der Waals surface area contributed by atoms with Gasteiger partial charge in [-0.25, -0.2) is 0 Å². The average Bonchev–Trinajstić information content (AvgIpc) is 3.26. The van der Waals surface area contributed by atoms with Gasteiger partial charge in [-0.15, -0.1) is 0 Å². The monoisotopic (exact) mass is 292 g/mol. The lowest BCUT2D eigenvalue weighted by Gasteiger charge is -2.16. The van der Waals surface area contributed by atoms with Crippen LogP contribution in [0.1, 0.15) is 18.4 Å². The van der Waals surface area contributed by atoms with Gasteiger partial charge in [-0.3, -0.25) is 0 Å². The van der Waals surface area contributed by atoms with Crippen molar-refractivity contribution < 1.29 is 9.84 Å². The predicted octanol–water partition coefficient (Wildman–Crippen LogP) is 1.78. The Kier molecular flexibility index (Phi) is 5.30. The summed E-state index contributed by atoms with van der Waals surface area (Å²) in [5.74, 6) is 0.617. The van der Waals surface area contributed by atoms with Crippen LogP contribution in [0.25, 0.3) is 0 Å². The van der Waals surface area contributed by atoms with E-state index in [4.69, 9.17) is 10.00 Å². The number of hydrogen-bond acceptors (Lipinski definition) is 5. The van der Waals surface area contributed by atoms with Crippen LogP contribution in [-0.2, 0) is 0 Å². The van der Waals surface area contributed by atoms with Crippen LogP contribution < -0.4 is 10.1 Å². The summed E-state index contributed by atoms with van der Waals surface area (Å²) in [7, 11) is 0. The van der Waals surface area contributed by atoms with Gasteiger partial charge in [0.2, 0.25) is 0 Å². The quantitative estimate of drug-likeness (QED) is 0.764. The molecule has 20 heavy (non-hydrogen) atoms. The van der Waals surface area contributed by atoms with Crippen LogP contribution in [0.5, 0.6) is 5.75 Å². The number of nitrogens with zero attached hydrogens (tertiary/aromatic N) is 1. The molecule has 4 nitrogen and oxygen atoms in total. The maximum absolute atomic E-state index is 9.87. The third-order valence-electron chi connectivity index (χ3n) is 3.47. The molecule has 0 heterocycles. The van der Waals surface area contributed by atoms with Gasteiger partial charge in [0.25, 0.3) is 0 Å². The second-order valence-electron chi connectivity index (χ2n) is 5.12. The van der Waals surface area contributed by atoms with E-state index >= 15 is 0 Å². The molecule has 0 amide bonds. The first kappa shape index (κ1) is 15.2. The zero-order valence-electron chi connectivity index (χ0n) is 11.6. The maximum atomic E-state index is 9.87. The van der Waals surface area contributed by atoms with E-state index in [2.05, 4.69) is 17.6 Å². The number of hydrogen-bond donors (Lipinski definition) is 2. The summed E-state index contributed by atoms with van der Waals surface area (Å²) in [6, 6.07) is 9.02. The first-order valence-electron chi connectivity index (χ1n) is 6.74. The highest BCUT2D eigenvalue weighted by molar-refractivity contribution is 8.00. The topological polar surface area (TPSA) is 65.3 Å². The Morgan fingerprint density at radius 1 is 1.55 bits per heavy atom. The fourth-order valence-electron chi connectivity index (χ4n) is 1.97. The average molecular weight is 292 g/mol.